The van der Waals surface area contributed by atoms with Gasteiger partial charge in [0.15, 0.2) is 0 Å². The van der Waals surface area contributed by atoms with Crippen LogP contribution in [0.1, 0.15) is 45.6 Å². The van der Waals surface area contributed by atoms with Gasteiger partial charge >= 0.3 is 6.09 Å². The first-order valence-corrected chi connectivity index (χ1v) is 7.83. The summed E-state index contributed by atoms with van der Waals surface area (Å²) in [7, 11) is 0. The monoisotopic (exact) mass is 310 g/mol. The van der Waals surface area contributed by atoms with Crippen LogP contribution in [0.5, 0.6) is 0 Å². The van der Waals surface area contributed by atoms with Gasteiger partial charge in [-0.25, -0.2) is 9.78 Å². The summed E-state index contributed by atoms with van der Waals surface area (Å²) >= 11 is 5.90. The number of carbonyl (C=O) groups excluding carboxylic acids is 1. The minimum absolute atomic E-state index is 0.197. The third-order valence-electron chi connectivity index (χ3n) is 3.56. The number of likely N-dealkylation sites (tertiary alicyclic amines) is 1. The number of aryl methyl sites for hydroxylation is 1. The highest BCUT2D eigenvalue weighted by Crippen LogP contribution is 2.24. The summed E-state index contributed by atoms with van der Waals surface area (Å²) in [5.74, 6) is 0. The number of rotatable bonds is 3. The van der Waals surface area contributed by atoms with Crippen molar-refractivity contribution in [1.29, 1.82) is 0 Å². The molecule has 1 atom stereocenters. The Morgan fingerprint density at radius 3 is 2.95 bits per heavy atom. The molecule has 0 radical (unpaired) electrons. The highest BCUT2D eigenvalue weighted by atomic mass is 35.5. The van der Waals surface area contributed by atoms with E-state index in [9.17, 15) is 4.79 Å². The van der Waals surface area contributed by atoms with E-state index in [1.54, 1.807) is 6.20 Å². The van der Waals surface area contributed by atoms with Crippen LogP contribution in [0.3, 0.4) is 0 Å². The number of aromatic nitrogens is 1. The van der Waals surface area contributed by atoms with Crippen LogP contribution in [0.4, 0.5) is 4.79 Å². The predicted molar refractivity (Wildman–Crippen MR) is 83.5 cm³/mol. The first-order valence-electron chi connectivity index (χ1n) is 7.45. The molecule has 5 heteroatoms. The van der Waals surface area contributed by atoms with Crippen molar-refractivity contribution in [2.45, 2.75) is 58.1 Å². The summed E-state index contributed by atoms with van der Waals surface area (Å²) in [5.41, 5.74) is 0.717. The van der Waals surface area contributed by atoms with Crippen LogP contribution >= 0.6 is 11.6 Å². The Morgan fingerprint density at radius 2 is 2.29 bits per heavy atom. The normalized spacial score (nSPS) is 18.9. The maximum absolute atomic E-state index is 12.2. The molecule has 1 saturated heterocycles. The fraction of sp³-hybridized carbons (Fsp3) is 0.625. The number of pyridine rings is 1. The quantitative estimate of drug-likeness (QED) is 0.790. The van der Waals surface area contributed by atoms with E-state index in [4.69, 9.17) is 16.3 Å². The van der Waals surface area contributed by atoms with E-state index >= 15 is 0 Å². The van der Waals surface area contributed by atoms with E-state index in [1.165, 1.54) is 0 Å². The van der Waals surface area contributed by atoms with Gasteiger partial charge in [-0.15, -0.1) is 0 Å². The van der Waals surface area contributed by atoms with E-state index in [-0.39, 0.29) is 12.1 Å². The number of nitrogens with zero attached hydrogens (tertiary/aromatic N) is 2. The maximum atomic E-state index is 12.2. The summed E-state index contributed by atoms with van der Waals surface area (Å²) in [6.07, 6.45) is 5.43. The molecule has 1 fully saturated rings. The highest BCUT2D eigenvalue weighted by Gasteiger charge is 2.31. The summed E-state index contributed by atoms with van der Waals surface area (Å²) in [6.45, 7) is 6.48. The number of hydrogen-bond acceptors (Lipinski definition) is 3. The lowest BCUT2D eigenvalue weighted by Crippen LogP contribution is -2.40. The number of ether oxygens (including phenoxy) is 1. The van der Waals surface area contributed by atoms with Crippen molar-refractivity contribution in [2.75, 3.05) is 6.54 Å². The average molecular weight is 311 g/mol. The molecule has 116 valence electrons. The summed E-state index contributed by atoms with van der Waals surface area (Å²) in [6, 6.07) is 4.11. The van der Waals surface area contributed by atoms with Gasteiger partial charge < -0.3 is 9.64 Å². The van der Waals surface area contributed by atoms with Crippen molar-refractivity contribution in [3.05, 3.63) is 29.0 Å². The molecular formula is C16H23ClN2O2. The Morgan fingerprint density at radius 1 is 1.52 bits per heavy atom. The van der Waals surface area contributed by atoms with Crippen LogP contribution in [0, 0.1) is 0 Å². The highest BCUT2D eigenvalue weighted by molar-refractivity contribution is 6.29. The second-order valence-electron chi connectivity index (χ2n) is 6.50. The second-order valence-corrected chi connectivity index (χ2v) is 6.88. The SMILES string of the molecule is CC(C)(C)OC(=O)N1CCCC1CCc1ccnc(Cl)c1. The molecule has 21 heavy (non-hydrogen) atoms. The molecule has 0 N–H and O–H groups in total. The van der Waals surface area contributed by atoms with E-state index in [0.717, 1.165) is 37.8 Å². The first kappa shape index (κ1) is 16.1. The third kappa shape index (κ3) is 4.88. The summed E-state index contributed by atoms with van der Waals surface area (Å²) < 4.78 is 5.48. The van der Waals surface area contributed by atoms with E-state index in [1.807, 2.05) is 37.8 Å². The molecule has 1 unspecified atom stereocenters. The van der Waals surface area contributed by atoms with Crippen molar-refractivity contribution in [2.24, 2.45) is 0 Å². The van der Waals surface area contributed by atoms with Crippen molar-refractivity contribution >= 4 is 17.7 Å². The lowest BCUT2D eigenvalue weighted by atomic mass is 10.0. The molecule has 0 aliphatic carbocycles. The molecule has 1 amide bonds. The fourth-order valence-corrected chi connectivity index (χ4v) is 2.82. The van der Waals surface area contributed by atoms with E-state index < -0.39 is 5.60 Å². The number of hydrogen-bond donors (Lipinski definition) is 0. The predicted octanol–water partition coefficient (Wildman–Crippen LogP) is 4.07. The van der Waals surface area contributed by atoms with Crippen LogP contribution < -0.4 is 0 Å². The van der Waals surface area contributed by atoms with Gasteiger partial charge in [0.25, 0.3) is 0 Å². The van der Waals surface area contributed by atoms with Crippen LogP contribution in [0.25, 0.3) is 0 Å². The number of amides is 1. The molecular weight excluding hydrogens is 288 g/mol. The standard InChI is InChI=1S/C16H23ClN2O2/c1-16(2,3)21-15(20)19-10-4-5-13(19)7-6-12-8-9-18-14(17)11-12/h8-9,11,13H,4-7,10H2,1-3H3. The zero-order valence-corrected chi connectivity index (χ0v) is 13.7. The zero-order chi connectivity index (χ0) is 15.5. The minimum Gasteiger partial charge on any atom is -0.444 e. The maximum Gasteiger partial charge on any atom is 0.410 e. The second kappa shape index (κ2) is 6.65. The molecule has 2 heterocycles. The number of carbonyl (C=O) groups is 1. The zero-order valence-electron chi connectivity index (χ0n) is 12.9. The molecule has 0 aromatic carbocycles. The molecule has 0 bridgehead atoms. The molecule has 1 aromatic heterocycles. The van der Waals surface area contributed by atoms with Gasteiger partial charge in [-0.05, 0) is 64.2 Å². The van der Waals surface area contributed by atoms with Gasteiger partial charge in [0.2, 0.25) is 0 Å². The smallest absolute Gasteiger partial charge is 0.410 e. The van der Waals surface area contributed by atoms with Crippen LogP contribution in [0.15, 0.2) is 18.3 Å². The van der Waals surface area contributed by atoms with Gasteiger partial charge in [-0.2, -0.15) is 0 Å². The van der Waals surface area contributed by atoms with Gasteiger partial charge in [-0.1, -0.05) is 11.6 Å². The lowest BCUT2D eigenvalue weighted by Gasteiger charge is -2.28. The molecule has 2 rings (SSSR count). The minimum atomic E-state index is -0.442. The molecule has 0 spiro atoms. The number of halogens is 1. The third-order valence-corrected chi connectivity index (χ3v) is 3.77. The molecule has 0 saturated carbocycles. The average Bonchev–Trinajstić information content (AvgIpc) is 2.83. The Labute approximate surface area is 131 Å². The Kier molecular flexibility index (Phi) is 5.09. The fourth-order valence-electron chi connectivity index (χ4n) is 2.63. The Hall–Kier alpha value is -1.29. The van der Waals surface area contributed by atoms with Gasteiger partial charge in [0.1, 0.15) is 10.8 Å². The Balaban J connectivity index is 1.91. The van der Waals surface area contributed by atoms with Crippen LogP contribution in [0.2, 0.25) is 5.15 Å². The molecule has 1 aliphatic heterocycles. The van der Waals surface area contributed by atoms with Gasteiger partial charge in [-0.3, -0.25) is 0 Å². The molecule has 1 aromatic rings. The van der Waals surface area contributed by atoms with Crippen molar-refractivity contribution < 1.29 is 9.53 Å². The van der Waals surface area contributed by atoms with Crippen LogP contribution in [-0.4, -0.2) is 34.2 Å². The summed E-state index contributed by atoms with van der Waals surface area (Å²) in [5, 5.41) is 0.517. The first-order chi connectivity index (χ1) is 9.85. The molecule has 1 aliphatic rings. The van der Waals surface area contributed by atoms with Crippen molar-refractivity contribution in [3.8, 4) is 0 Å². The van der Waals surface area contributed by atoms with E-state index in [2.05, 4.69) is 4.98 Å². The van der Waals surface area contributed by atoms with Crippen molar-refractivity contribution in [1.82, 2.24) is 9.88 Å². The Bertz CT molecular complexity index is 499. The molecule has 4 nitrogen and oxygen atoms in total. The van der Waals surface area contributed by atoms with Crippen LogP contribution in [-0.2, 0) is 11.2 Å². The van der Waals surface area contributed by atoms with Crippen molar-refractivity contribution in [3.63, 3.8) is 0 Å². The topological polar surface area (TPSA) is 42.4 Å². The summed E-state index contributed by atoms with van der Waals surface area (Å²) in [4.78, 5) is 18.1. The lowest BCUT2D eigenvalue weighted by molar-refractivity contribution is 0.0220. The van der Waals surface area contributed by atoms with Gasteiger partial charge in [0, 0.05) is 18.8 Å². The van der Waals surface area contributed by atoms with E-state index in [0.29, 0.717) is 5.15 Å². The largest absolute Gasteiger partial charge is 0.444 e. The van der Waals surface area contributed by atoms with Gasteiger partial charge in [0.05, 0.1) is 0 Å².